The van der Waals surface area contributed by atoms with Crippen LogP contribution in [0.3, 0.4) is 0 Å². The van der Waals surface area contributed by atoms with Crippen LogP contribution in [0.5, 0.6) is 0 Å². The highest BCUT2D eigenvalue weighted by atomic mass is 16.5. The average molecular weight is 205 g/mol. The van der Waals surface area contributed by atoms with Crippen molar-refractivity contribution >= 4 is 5.97 Å². The van der Waals surface area contributed by atoms with Crippen LogP contribution in [-0.2, 0) is 0 Å². The first-order valence-corrected chi connectivity index (χ1v) is 4.15. The summed E-state index contributed by atoms with van der Waals surface area (Å²) in [4.78, 5) is 18.8. The van der Waals surface area contributed by atoms with E-state index < -0.39 is 5.97 Å². The Balaban J connectivity index is 2.49. The monoisotopic (exact) mass is 205 g/mol. The van der Waals surface area contributed by atoms with Crippen LogP contribution in [0.2, 0.25) is 0 Å². The smallest absolute Gasteiger partial charge is 0.341 e. The van der Waals surface area contributed by atoms with Gasteiger partial charge >= 0.3 is 5.97 Å². The summed E-state index contributed by atoms with van der Waals surface area (Å²) in [5.41, 5.74) is 1.08. The molecule has 2 heterocycles. The molecule has 0 fully saturated rings. The molecule has 2 rings (SSSR count). The molecule has 15 heavy (non-hydrogen) atoms. The Hall–Kier alpha value is -2.24. The lowest BCUT2D eigenvalue weighted by atomic mass is 10.2. The molecule has 0 amide bonds. The van der Waals surface area contributed by atoms with E-state index in [1.165, 1.54) is 12.4 Å². The molecule has 0 bridgehead atoms. The highest BCUT2D eigenvalue weighted by Gasteiger charge is 2.17. The van der Waals surface area contributed by atoms with Gasteiger partial charge in [0.2, 0.25) is 5.76 Å². The Kier molecular flexibility index (Phi) is 2.17. The van der Waals surface area contributed by atoms with Crippen LogP contribution in [0.15, 0.2) is 23.1 Å². The van der Waals surface area contributed by atoms with Crippen LogP contribution in [0.25, 0.3) is 11.5 Å². The van der Waals surface area contributed by atoms with E-state index in [0.717, 1.165) is 11.9 Å². The van der Waals surface area contributed by atoms with Gasteiger partial charge in [0.1, 0.15) is 11.3 Å². The van der Waals surface area contributed by atoms with Crippen molar-refractivity contribution in [1.82, 2.24) is 15.1 Å². The minimum atomic E-state index is -1.10. The van der Waals surface area contributed by atoms with Crippen LogP contribution in [0.1, 0.15) is 16.1 Å². The molecule has 2 aromatic rings. The van der Waals surface area contributed by atoms with Crippen LogP contribution in [0.4, 0.5) is 0 Å². The van der Waals surface area contributed by atoms with Crippen molar-refractivity contribution in [2.45, 2.75) is 6.92 Å². The molecule has 0 aliphatic heterocycles. The Morgan fingerprint density at radius 2 is 2.13 bits per heavy atom. The number of hydrogen-bond acceptors (Lipinski definition) is 5. The quantitative estimate of drug-likeness (QED) is 0.790. The third-order valence-electron chi connectivity index (χ3n) is 1.81. The number of hydrogen-bond donors (Lipinski definition) is 1. The van der Waals surface area contributed by atoms with E-state index in [0.29, 0.717) is 5.69 Å². The van der Waals surface area contributed by atoms with E-state index in [9.17, 15) is 4.79 Å². The maximum Gasteiger partial charge on any atom is 0.341 e. The topological polar surface area (TPSA) is 89.1 Å². The van der Waals surface area contributed by atoms with E-state index in [4.69, 9.17) is 9.63 Å². The van der Waals surface area contributed by atoms with E-state index in [1.807, 2.05) is 0 Å². The first-order valence-electron chi connectivity index (χ1n) is 4.15. The molecule has 0 aliphatic rings. The highest BCUT2D eigenvalue weighted by molar-refractivity contribution is 5.93. The maximum atomic E-state index is 10.8. The van der Waals surface area contributed by atoms with Crippen molar-refractivity contribution in [2.75, 3.05) is 0 Å². The van der Waals surface area contributed by atoms with Crippen molar-refractivity contribution in [1.29, 1.82) is 0 Å². The molecule has 0 atom stereocenters. The lowest BCUT2D eigenvalue weighted by Crippen LogP contribution is -1.97. The molecule has 0 saturated heterocycles. The molecule has 0 spiro atoms. The molecule has 0 radical (unpaired) electrons. The predicted octanol–water partition coefficient (Wildman–Crippen LogP) is 1.14. The van der Waals surface area contributed by atoms with Gasteiger partial charge in [0.25, 0.3) is 0 Å². The van der Waals surface area contributed by atoms with Gasteiger partial charge in [-0.25, -0.2) is 9.78 Å². The normalized spacial score (nSPS) is 10.2. The zero-order valence-corrected chi connectivity index (χ0v) is 7.84. The molecular formula is C9H7N3O3. The number of aromatic nitrogens is 3. The Labute approximate surface area is 84.6 Å². The Bertz CT molecular complexity index is 490. The number of nitrogens with zero attached hydrogens (tertiary/aromatic N) is 3. The zero-order valence-electron chi connectivity index (χ0n) is 7.84. The summed E-state index contributed by atoms with van der Waals surface area (Å²) in [5, 5.41) is 12.2. The van der Waals surface area contributed by atoms with Crippen LogP contribution < -0.4 is 0 Å². The fourth-order valence-electron chi connectivity index (χ4n) is 1.09. The lowest BCUT2D eigenvalue weighted by molar-refractivity contribution is 0.0697. The maximum absolute atomic E-state index is 10.8. The van der Waals surface area contributed by atoms with Gasteiger partial charge in [-0.05, 0) is 6.92 Å². The van der Waals surface area contributed by atoms with Crippen molar-refractivity contribution in [2.24, 2.45) is 0 Å². The molecule has 76 valence electrons. The molecule has 1 N–H and O–H groups in total. The summed E-state index contributed by atoms with van der Waals surface area (Å²) in [6.45, 7) is 1.79. The minimum absolute atomic E-state index is 0.0202. The summed E-state index contributed by atoms with van der Waals surface area (Å²) >= 11 is 0. The van der Waals surface area contributed by atoms with Gasteiger partial charge in [0.05, 0.1) is 18.1 Å². The molecule has 6 nitrogen and oxygen atoms in total. The highest BCUT2D eigenvalue weighted by Crippen LogP contribution is 2.20. The molecule has 2 aromatic heterocycles. The third kappa shape index (κ3) is 1.69. The van der Waals surface area contributed by atoms with Crippen molar-refractivity contribution < 1.29 is 14.4 Å². The fourth-order valence-corrected chi connectivity index (χ4v) is 1.09. The SMILES string of the molecule is Cc1cnc(-c2oncc2C(=O)O)cn1. The van der Waals surface area contributed by atoms with Gasteiger partial charge < -0.3 is 9.63 Å². The average Bonchev–Trinajstić information content (AvgIpc) is 2.67. The number of carboxylic acids is 1. The second-order valence-corrected chi connectivity index (χ2v) is 2.92. The number of carboxylic acid groups (broad SMARTS) is 1. The summed E-state index contributed by atoms with van der Waals surface area (Å²) < 4.78 is 4.82. The van der Waals surface area contributed by atoms with E-state index >= 15 is 0 Å². The van der Waals surface area contributed by atoms with E-state index in [1.54, 1.807) is 6.92 Å². The second-order valence-electron chi connectivity index (χ2n) is 2.92. The molecular weight excluding hydrogens is 198 g/mol. The van der Waals surface area contributed by atoms with Gasteiger partial charge in [-0.2, -0.15) is 0 Å². The van der Waals surface area contributed by atoms with Gasteiger partial charge in [0, 0.05) is 6.20 Å². The van der Waals surface area contributed by atoms with Crippen molar-refractivity contribution in [3.05, 3.63) is 29.8 Å². The van der Waals surface area contributed by atoms with Crippen molar-refractivity contribution in [3.63, 3.8) is 0 Å². The van der Waals surface area contributed by atoms with Crippen LogP contribution >= 0.6 is 0 Å². The molecule has 0 aliphatic carbocycles. The lowest BCUT2D eigenvalue weighted by Gasteiger charge is -1.96. The van der Waals surface area contributed by atoms with Crippen molar-refractivity contribution in [3.8, 4) is 11.5 Å². The standard InChI is InChI=1S/C9H7N3O3/c1-5-2-11-7(4-10-5)8-6(9(13)14)3-12-15-8/h2-4H,1H3,(H,13,14). The predicted molar refractivity (Wildman–Crippen MR) is 49.2 cm³/mol. The summed E-state index contributed by atoms with van der Waals surface area (Å²) in [7, 11) is 0. The number of rotatable bonds is 2. The molecule has 6 heteroatoms. The van der Waals surface area contributed by atoms with Gasteiger partial charge in [0.15, 0.2) is 0 Å². The number of carbonyl (C=O) groups is 1. The van der Waals surface area contributed by atoms with Gasteiger partial charge in [-0.3, -0.25) is 4.98 Å². The largest absolute Gasteiger partial charge is 0.477 e. The zero-order chi connectivity index (χ0) is 10.8. The fraction of sp³-hybridized carbons (Fsp3) is 0.111. The second kappa shape index (κ2) is 3.49. The van der Waals surface area contributed by atoms with Gasteiger partial charge in [-0.1, -0.05) is 5.16 Å². The minimum Gasteiger partial charge on any atom is -0.477 e. The van der Waals surface area contributed by atoms with Crippen LogP contribution in [-0.4, -0.2) is 26.2 Å². The molecule has 0 unspecified atom stereocenters. The molecule has 0 aromatic carbocycles. The number of aromatic carboxylic acids is 1. The summed E-state index contributed by atoms with van der Waals surface area (Å²) in [5.74, 6) is -0.983. The number of aryl methyl sites for hydroxylation is 1. The summed E-state index contributed by atoms with van der Waals surface area (Å²) in [6, 6.07) is 0. The van der Waals surface area contributed by atoms with E-state index in [2.05, 4.69) is 15.1 Å². The van der Waals surface area contributed by atoms with Crippen LogP contribution in [0, 0.1) is 6.92 Å². The van der Waals surface area contributed by atoms with Gasteiger partial charge in [-0.15, -0.1) is 0 Å². The third-order valence-corrected chi connectivity index (χ3v) is 1.81. The Morgan fingerprint density at radius 1 is 1.33 bits per heavy atom. The molecule has 0 saturated carbocycles. The van der Waals surface area contributed by atoms with E-state index in [-0.39, 0.29) is 11.3 Å². The Morgan fingerprint density at radius 3 is 2.73 bits per heavy atom. The first kappa shape index (κ1) is 9.32. The first-order chi connectivity index (χ1) is 7.18. The summed E-state index contributed by atoms with van der Waals surface area (Å²) in [6.07, 6.45) is 4.12.